The van der Waals surface area contributed by atoms with E-state index in [0.717, 1.165) is 17.4 Å². The maximum absolute atomic E-state index is 6.05. The summed E-state index contributed by atoms with van der Waals surface area (Å²) in [5.74, 6) is 0. The van der Waals surface area contributed by atoms with Crippen molar-refractivity contribution >= 4 is 15.9 Å². The van der Waals surface area contributed by atoms with Crippen molar-refractivity contribution in [3.8, 4) is 0 Å². The Bertz CT molecular complexity index is 391. The molecule has 0 aliphatic carbocycles. The van der Waals surface area contributed by atoms with E-state index in [-0.39, 0.29) is 11.3 Å². The van der Waals surface area contributed by atoms with Crippen molar-refractivity contribution in [1.82, 2.24) is 5.32 Å². The molecule has 1 fully saturated rings. The van der Waals surface area contributed by atoms with Gasteiger partial charge in [0.2, 0.25) is 0 Å². The van der Waals surface area contributed by atoms with Gasteiger partial charge < -0.3 is 4.74 Å². The highest BCUT2D eigenvalue weighted by atomic mass is 79.9. The molecule has 1 heterocycles. The Balaban J connectivity index is 2.10. The lowest BCUT2D eigenvalue weighted by Crippen LogP contribution is -2.40. The first-order valence-corrected chi connectivity index (χ1v) is 6.38. The summed E-state index contributed by atoms with van der Waals surface area (Å²) in [6.07, 6.45) is 0.885. The summed E-state index contributed by atoms with van der Waals surface area (Å²) >= 11 is 3.49. The summed E-state index contributed by atoms with van der Waals surface area (Å²) in [6.45, 7) is 7.25. The number of benzene rings is 1. The third-order valence-electron chi connectivity index (χ3n) is 2.82. The van der Waals surface area contributed by atoms with Crippen LogP contribution in [-0.2, 0) is 11.2 Å². The summed E-state index contributed by atoms with van der Waals surface area (Å²) < 4.78 is 7.17. The van der Waals surface area contributed by atoms with Crippen LogP contribution in [0.3, 0.4) is 0 Å². The summed E-state index contributed by atoms with van der Waals surface area (Å²) in [7, 11) is 0. The molecule has 0 amide bonds. The van der Waals surface area contributed by atoms with Crippen LogP contribution in [0.4, 0.5) is 0 Å². The van der Waals surface area contributed by atoms with Crippen LogP contribution >= 0.6 is 15.9 Å². The normalized spacial score (nSPS) is 28.2. The Morgan fingerprint density at radius 3 is 2.69 bits per heavy atom. The van der Waals surface area contributed by atoms with E-state index in [4.69, 9.17) is 4.74 Å². The van der Waals surface area contributed by atoms with Gasteiger partial charge in [-0.25, -0.2) is 0 Å². The largest absolute Gasteiger partial charge is 0.353 e. The first kappa shape index (κ1) is 12.1. The predicted molar refractivity (Wildman–Crippen MR) is 69.4 cm³/mol. The molecule has 1 aliphatic rings. The summed E-state index contributed by atoms with van der Waals surface area (Å²) in [5, 5.41) is 3.45. The van der Waals surface area contributed by atoms with Crippen molar-refractivity contribution in [3.05, 3.63) is 34.3 Å². The highest BCUT2D eigenvalue weighted by molar-refractivity contribution is 9.10. The topological polar surface area (TPSA) is 21.3 Å². The van der Waals surface area contributed by atoms with E-state index in [0.29, 0.717) is 0 Å². The minimum absolute atomic E-state index is 0.0687. The molecule has 0 aromatic heterocycles. The number of hydrogen-bond donors (Lipinski definition) is 1. The molecule has 1 N–H and O–H groups in total. The third-order valence-corrected chi connectivity index (χ3v) is 3.31. The van der Waals surface area contributed by atoms with Gasteiger partial charge in [-0.3, -0.25) is 5.32 Å². The first-order chi connectivity index (χ1) is 7.39. The van der Waals surface area contributed by atoms with Gasteiger partial charge in [-0.05, 0) is 38.5 Å². The zero-order valence-corrected chi connectivity index (χ0v) is 11.6. The lowest BCUT2D eigenvalue weighted by Gasteiger charge is -2.27. The van der Waals surface area contributed by atoms with Crippen molar-refractivity contribution in [1.29, 1.82) is 0 Å². The Hall–Kier alpha value is -0.380. The second kappa shape index (κ2) is 4.13. The Labute approximate surface area is 106 Å². The quantitative estimate of drug-likeness (QED) is 0.901. The zero-order valence-electron chi connectivity index (χ0n) is 10.0. The smallest absolute Gasteiger partial charge is 0.121 e. The minimum atomic E-state index is -0.246. The third kappa shape index (κ3) is 2.84. The molecule has 0 spiro atoms. The highest BCUT2D eigenvalue weighted by Crippen LogP contribution is 2.28. The zero-order chi connectivity index (χ0) is 11.8. The van der Waals surface area contributed by atoms with Crippen LogP contribution < -0.4 is 5.32 Å². The summed E-state index contributed by atoms with van der Waals surface area (Å²) in [6, 6.07) is 8.37. The standard InChI is InChI=1S/C13H18BrNO/c1-12(2)9-15-13(3,16-12)8-10-5-4-6-11(14)7-10/h4-7,15H,8-9H2,1-3H3. The summed E-state index contributed by atoms with van der Waals surface area (Å²) in [5.41, 5.74) is 0.965. The SMILES string of the molecule is CC1(C)CNC(C)(Cc2cccc(Br)c2)O1. The van der Waals surface area contributed by atoms with Crippen LogP contribution in [0, 0.1) is 0 Å². The molecule has 3 heteroatoms. The monoisotopic (exact) mass is 283 g/mol. The number of halogens is 1. The van der Waals surface area contributed by atoms with Gasteiger partial charge in [-0.1, -0.05) is 28.1 Å². The van der Waals surface area contributed by atoms with Gasteiger partial charge in [0.25, 0.3) is 0 Å². The first-order valence-electron chi connectivity index (χ1n) is 5.58. The highest BCUT2D eigenvalue weighted by Gasteiger charge is 2.40. The average Bonchev–Trinajstić information content (AvgIpc) is 2.40. The van der Waals surface area contributed by atoms with Crippen LogP contribution in [0.15, 0.2) is 28.7 Å². The molecule has 2 nitrogen and oxygen atoms in total. The molecular weight excluding hydrogens is 266 g/mol. The fourth-order valence-electron chi connectivity index (χ4n) is 2.22. The molecule has 1 atom stereocenters. The Kier molecular flexibility index (Phi) is 3.12. The molecule has 1 saturated heterocycles. The van der Waals surface area contributed by atoms with Gasteiger partial charge in [-0.15, -0.1) is 0 Å². The number of hydrogen-bond acceptors (Lipinski definition) is 2. The predicted octanol–water partition coefficient (Wildman–Crippen LogP) is 3.11. The van der Waals surface area contributed by atoms with E-state index < -0.39 is 0 Å². The maximum atomic E-state index is 6.05. The minimum Gasteiger partial charge on any atom is -0.353 e. The van der Waals surface area contributed by atoms with E-state index in [2.05, 4.69) is 60.2 Å². The molecule has 88 valence electrons. The second-order valence-electron chi connectivity index (χ2n) is 5.25. The van der Waals surface area contributed by atoms with E-state index in [1.54, 1.807) is 0 Å². The van der Waals surface area contributed by atoms with Crippen molar-refractivity contribution in [2.24, 2.45) is 0 Å². The van der Waals surface area contributed by atoms with E-state index >= 15 is 0 Å². The molecule has 1 unspecified atom stereocenters. The Morgan fingerprint density at radius 1 is 1.38 bits per heavy atom. The van der Waals surface area contributed by atoms with Gasteiger partial charge in [-0.2, -0.15) is 0 Å². The number of ether oxygens (including phenoxy) is 1. The lowest BCUT2D eigenvalue weighted by molar-refractivity contribution is -0.0785. The van der Waals surface area contributed by atoms with E-state index in [1.165, 1.54) is 5.56 Å². The molecule has 1 aromatic carbocycles. The van der Waals surface area contributed by atoms with Gasteiger partial charge >= 0.3 is 0 Å². The van der Waals surface area contributed by atoms with E-state index in [1.807, 2.05) is 6.07 Å². The van der Waals surface area contributed by atoms with Gasteiger partial charge in [0.05, 0.1) is 5.60 Å². The lowest BCUT2D eigenvalue weighted by atomic mass is 10.0. The molecule has 2 rings (SSSR count). The van der Waals surface area contributed by atoms with Gasteiger partial charge in [0, 0.05) is 17.4 Å². The number of rotatable bonds is 2. The Morgan fingerprint density at radius 2 is 2.12 bits per heavy atom. The molecule has 0 bridgehead atoms. The van der Waals surface area contributed by atoms with Crippen LogP contribution in [0.1, 0.15) is 26.3 Å². The average molecular weight is 284 g/mol. The van der Waals surface area contributed by atoms with Crippen LogP contribution in [0.2, 0.25) is 0 Å². The van der Waals surface area contributed by atoms with Crippen molar-refractivity contribution in [3.63, 3.8) is 0 Å². The van der Waals surface area contributed by atoms with Crippen LogP contribution in [0.25, 0.3) is 0 Å². The van der Waals surface area contributed by atoms with Crippen LogP contribution in [0.5, 0.6) is 0 Å². The fraction of sp³-hybridized carbons (Fsp3) is 0.538. The van der Waals surface area contributed by atoms with Crippen LogP contribution in [-0.4, -0.2) is 17.9 Å². The van der Waals surface area contributed by atoms with Crippen molar-refractivity contribution < 1.29 is 4.74 Å². The molecule has 0 saturated carbocycles. The number of nitrogens with one attached hydrogen (secondary N) is 1. The molecular formula is C13H18BrNO. The molecule has 0 radical (unpaired) electrons. The fourth-order valence-corrected chi connectivity index (χ4v) is 2.66. The van der Waals surface area contributed by atoms with Crippen molar-refractivity contribution in [2.75, 3.05) is 6.54 Å². The van der Waals surface area contributed by atoms with E-state index in [9.17, 15) is 0 Å². The van der Waals surface area contributed by atoms with Gasteiger partial charge in [0.1, 0.15) is 5.72 Å². The molecule has 16 heavy (non-hydrogen) atoms. The summed E-state index contributed by atoms with van der Waals surface area (Å²) in [4.78, 5) is 0. The molecule has 1 aliphatic heterocycles. The van der Waals surface area contributed by atoms with Crippen molar-refractivity contribution in [2.45, 2.75) is 38.5 Å². The van der Waals surface area contributed by atoms with Gasteiger partial charge in [0.15, 0.2) is 0 Å². The maximum Gasteiger partial charge on any atom is 0.121 e. The molecule has 1 aromatic rings. The second-order valence-corrected chi connectivity index (χ2v) is 6.17.